The standard InChI is InChI=1S/C11H16F3N3OS/c1-10(2,3)19(18)17-16-9(11(12,13)14)8-5-4-6-15-7-8/h4-7,9,16-17H,1-3H3/t9-,19?/m1/s1. The van der Waals surface area contributed by atoms with Crippen molar-refractivity contribution in [3.05, 3.63) is 30.1 Å². The smallest absolute Gasteiger partial charge is 0.264 e. The van der Waals surface area contributed by atoms with Crippen molar-refractivity contribution < 1.29 is 17.4 Å². The topological polar surface area (TPSA) is 54.0 Å². The fourth-order valence-electron chi connectivity index (χ4n) is 1.17. The molecule has 0 radical (unpaired) electrons. The van der Waals surface area contributed by atoms with Gasteiger partial charge >= 0.3 is 6.18 Å². The molecule has 108 valence electrons. The van der Waals surface area contributed by atoms with Crippen LogP contribution in [0, 0.1) is 0 Å². The highest BCUT2D eigenvalue weighted by molar-refractivity contribution is 7.84. The van der Waals surface area contributed by atoms with Crippen molar-refractivity contribution in [2.45, 2.75) is 37.7 Å². The first-order valence-electron chi connectivity index (χ1n) is 5.52. The van der Waals surface area contributed by atoms with Gasteiger partial charge in [-0.05, 0) is 32.4 Å². The molecule has 4 nitrogen and oxygen atoms in total. The second-order valence-electron chi connectivity index (χ2n) is 4.89. The highest BCUT2D eigenvalue weighted by Gasteiger charge is 2.41. The van der Waals surface area contributed by atoms with Gasteiger partial charge in [-0.15, -0.1) is 0 Å². The fourth-order valence-corrected chi connectivity index (χ4v) is 1.70. The van der Waals surface area contributed by atoms with Crippen LogP contribution < -0.4 is 10.3 Å². The monoisotopic (exact) mass is 295 g/mol. The van der Waals surface area contributed by atoms with E-state index in [4.69, 9.17) is 0 Å². The van der Waals surface area contributed by atoms with Gasteiger partial charge in [-0.1, -0.05) is 6.07 Å². The highest BCUT2D eigenvalue weighted by atomic mass is 32.2. The Balaban J connectivity index is 2.82. The Hall–Kier alpha value is -0.990. The third-order valence-corrected chi connectivity index (χ3v) is 3.61. The van der Waals surface area contributed by atoms with Gasteiger partial charge in [-0.25, -0.2) is 9.63 Å². The number of halogens is 3. The van der Waals surface area contributed by atoms with Gasteiger partial charge in [0.2, 0.25) is 0 Å². The van der Waals surface area contributed by atoms with E-state index < -0.39 is 28.0 Å². The molecule has 0 fully saturated rings. The lowest BCUT2D eigenvalue weighted by Crippen LogP contribution is -2.47. The van der Waals surface area contributed by atoms with Crippen molar-refractivity contribution in [1.29, 1.82) is 0 Å². The maximum atomic E-state index is 12.9. The van der Waals surface area contributed by atoms with Crippen molar-refractivity contribution in [2.24, 2.45) is 0 Å². The van der Waals surface area contributed by atoms with Crippen molar-refractivity contribution in [3.63, 3.8) is 0 Å². The van der Waals surface area contributed by atoms with E-state index in [-0.39, 0.29) is 5.56 Å². The summed E-state index contributed by atoms with van der Waals surface area (Å²) < 4.78 is 49.8. The van der Waals surface area contributed by atoms with E-state index in [1.807, 2.05) is 0 Å². The summed E-state index contributed by atoms with van der Waals surface area (Å²) in [5.74, 6) is 0. The van der Waals surface area contributed by atoms with Crippen LogP contribution in [0.15, 0.2) is 24.5 Å². The third-order valence-electron chi connectivity index (χ3n) is 2.20. The first-order valence-corrected chi connectivity index (χ1v) is 6.67. The highest BCUT2D eigenvalue weighted by Crippen LogP contribution is 2.31. The van der Waals surface area contributed by atoms with E-state index in [2.05, 4.69) is 15.2 Å². The Labute approximate surface area is 112 Å². The Bertz CT molecular complexity index is 431. The summed E-state index contributed by atoms with van der Waals surface area (Å²) >= 11 is 0. The molecule has 0 aromatic carbocycles. The lowest BCUT2D eigenvalue weighted by molar-refractivity contribution is -0.159. The van der Waals surface area contributed by atoms with Crippen LogP contribution in [0.3, 0.4) is 0 Å². The maximum absolute atomic E-state index is 12.9. The lowest BCUT2D eigenvalue weighted by atomic mass is 10.1. The first kappa shape index (κ1) is 16.1. The van der Waals surface area contributed by atoms with Gasteiger partial charge in [0.1, 0.15) is 17.0 Å². The summed E-state index contributed by atoms with van der Waals surface area (Å²) in [6, 6.07) is 0.753. The van der Waals surface area contributed by atoms with E-state index in [1.54, 1.807) is 20.8 Å². The number of alkyl halides is 3. The SMILES string of the molecule is CC(C)(C)S(=O)NN[C@H](c1cccnc1)C(F)(F)F. The summed E-state index contributed by atoms with van der Waals surface area (Å²) in [7, 11) is -1.65. The quantitative estimate of drug-likeness (QED) is 0.838. The molecule has 2 N–H and O–H groups in total. The van der Waals surface area contributed by atoms with Crippen LogP contribution in [0.1, 0.15) is 32.4 Å². The number of aromatic nitrogens is 1. The number of hydrogen-bond donors (Lipinski definition) is 2. The molecule has 0 spiro atoms. The summed E-state index contributed by atoms with van der Waals surface area (Å²) in [5.41, 5.74) is 2.02. The second-order valence-corrected chi connectivity index (χ2v) is 6.85. The largest absolute Gasteiger partial charge is 0.409 e. The van der Waals surface area contributed by atoms with Crippen LogP contribution in [-0.4, -0.2) is 20.1 Å². The zero-order valence-corrected chi connectivity index (χ0v) is 11.6. The van der Waals surface area contributed by atoms with E-state index in [0.29, 0.717) is 0 Å². The number of rotatable bonds is 4. The third kappa shape index (κ3) is 4.88. The molecule has 2 atom stereocenters. The van der Waals surface area contributed by atoms with Gasteiger partial charge in [-0.3, -0.25) is 4.98 Å². The van der Waals surface area contributed by atoms with Crippen LogP contribution >= 0.6 is 0 Å². The maximum Gasteiger partial charge on any atom is 0.409 e. The van der Waals surface area contributed by atoms with Crippen molar-refractivity contribution in [3.8, 4) is 0 Å². The van der Waals surface area contributed by atoms with Crippen molar-refractivity contribution in [1.82, 2.24) is 15.2 Å². The van der Waals surface area contributed by atoms with Crippen molar-refractivity contribution >= 4 is 11.0 Å². The van der Waals surface area contributed by atoms with Crippen LogP contribution in [-0.2, 0) is 11.0 Å². The Morgan fingerprint density at radius 1 is 1.32 bits per heavy atom. The number of hydrogen-bond acceptors (Lipinski definition) is 3. The number of hydrazine groups is 1. The van der Waals surface area contributed by atoms with Crippen LogP contribution in [0.2, 0.25) is 0 Å². The van der Waals surface area contributed by atoms with Gasteiger partial charge in [0, 0.05) is 12.4 Å². The number of pyridine rings is 1. The van der Waals surface area contributed by atoms with E-state index >= 15 is 0 Å². The van der Waals surface area contributed by atoms with Crippen LogP contribution in [0.25, 0.3) is 0 Å². The molecule has 0 saturated carbocycles. The molecule has 0 bridgehead atoms. The summed E-state index contributed by atoms with van der Waals surface area (Å²) in [4.78, 5) is 5.85. The van der Waals surface area contributed by atoms with Gasteiger partial charge in [0.25, 0.3) is 0 Å². The van der Waals surface area contributed by atoms with E-state index in [1.165, 1.54) is 18.3 Å². The Morgan fingerprint density at radius 2 is 1.95 bits per heavy atom. The predicted octanol–water partition coefficient (Wildman–Crippen LogP) is 2.24. The first-order chi connectivity index (χ1) is 8.62. The molecule has 8 heteroatoms. The number of nitrogens with zero attached hydrogens (tertiary/aromatic N) is 1. The average Bonchev–Trinajstić information content (AvgIpc) is 2.27. The molecule has 0 aliphatic carbocycles. The second kappa shape index (κ2) is 5.98. The summed E-state index contributed by atoms with van der Waals surface area (Å²) in [6.07, 6.45) is -2.01. The molecule has 1 aromatic heterocycles. The Kier molecular flexibility index (Phi) is 5.05. The van der Waals surface area contributed by atoms with Gasteiger partial charge in [-0.2, -0.15) is 18.0 Å². The van der Waals surface area contributed by atoms with E-state index in [9.17, 15) is 17.4 Å². The molecule has 0 saturated heterocycles. The van der Waals surface area contributed by atoms with Gasteiger partial charge < -0.3 is 0 Å². The molecule has 1 heterocycles. The zero-order valence-electron chi connectivity index (χ0n) is 10.8. The number of nitrogens with one attached hydrogen (secondary N) is 2. The molecule has 1 unspecified atom stereocenters. The minimum atomic E-state index is -4.52. The zero-order chi connectivity index (χ0) is 14.7. The predicted molar refractivity (Wildman–Crippen MR) is 67.2 cm³/mol. The van der Waals surface area contributed by atoms with Gasteiger partial charge in [0.15, 0.2) is 0 Å². The normalized spacial score (nSPS) is 16.1. The fraction of sp³-hybridized carbons (Fsp3) is 0.545. The minimum Gasteiger partial charge on any atom is -0.264 e. The average molecular weight is 295 g/mol. The molecular formula is C11H16F3N3OS. The van der Waals surface area contributed by atoms with Crippen LogP contribution in [0.4, 0.5) is 13.2 Å². The van der Waals surface area contributed by atoms with E-state index in [0.717, 1.165) is 6.20 Å². The molecule has 1 rings (SSSR count). The molecule has 1 aromatic rings. The molecular weight excluding hydrogens is 279 g/mol. The molecule has 0 aliphatic rings. The Morgan fingerprint density at radius 3 is 2.37 bits per heavy atom. The van der Waals surface area contributed by atoms with Gasteiger partial charge in [0.05, 0.1) is 4.75 Å². The summed E-state index contributed by atoms with van der Waals surface area (Å²) in [5, 5.41) is 0. The van der Waals surface area contributed by atoms with Crippen LogP contribution in [0.5, 0.6) is 0 Å². The minimum absolute atomic E-state index is 0.0478. The molecule has 0 amide bonds. The lowest BCUT2D eigenvalue weighted by Gasteiger charge is -2.24. The molecule has 0 aliphatic heterocycles. The molecule has 19 heavy (non-hydrogen) atoms. The van der Waals surface area contributed by atoms with Crippen molar-refractivity contribution in [2.75, 3.05) is 0 Å². The summed E-state index contributed by atoms with van der Waals surface area (Å²) in [6.45, 7) is 4.97.